The number of carbonyl (C=O) groups excluding carboxylic acids is 1. The van der Waals surface area contributed by atoms with E-state index >= 15 is 0 Å². The quantitative estimate of drug-likeness (QED) is 0.657. The monoisotopic (exact) mass is 356 g/mol. The Morgan fingerprint density at radius 3 is 2.77 bits per heavy atom. The summed E-state index contributed by atoms with van der Waals surface area (Å²) >= 11 is 0. The number of morpholine rings is 1. The summed E-state index contributed by atoms with van der Waals surface area (Å²) in [5.74, 6) is -0.740. The minimum absolute atomic E-state index is 0.0694. The Hall–Kier alpha value is -2.93. The van der Waals surface area contributed by atoms with Crippen LogP contribution in [0, 0.1) is 10.1 Å². The first kappa shape index (κ1) is 17.9. The normalized spacial score (nSPS) is 17.1. The lowest BCUT2D eigenvalue weighted by molar-refractivity contribution is -0.385. The summed E-state index contributed by atoms with van der Waals surface area (Å²) in [6, 6.07) is 13.8. The number of benzene rings is 2. The van der Waals surface area contributed by atoms with Gasteiger partial charge in [0.1, 0.15) is 0 Å². The molecule has 26 heavy (non-hydrogen) atoms. The van der Waals surface area contributed by atoms with Gasteiger partial charge >= 0.3 is 5.69 Å². The summed E-state index contributed by atoms with van der Waals surface area (Å²) in [4.78, 5) is 24.6. The average molecular weight is 356 g/mol. The van der Waals surface area contributed by atoms with E-state index in [-0.39, 0.29) is 17.6 Å². The lowest BCUT2D eigenvalue weighted by atomic mass is 10.1. The van der Waals surface area contributed by atoms with Gasteiger partial charge in [-0.2, -0.15) is 0 Å². The largest absolute Gasteiger partial charge is 0.502 e. The third kappa shape index (κ3) is 4.18. The van der Waals surface area contributed by atoms with Gasteiger partial charge in [0, 0.05) is 24.7 Å². The molecule has 0 saturated carbocycles. The fourth-order valence-electron chi connectivity index (χ4n) is 3.04. The van der Waals surface area contributed by atoms with Crippen LogP contribution in [0.25, 0.3) is 0 Å². The van der Waals surface area contributed by atoms with Crippen molar-refractivity contribution in [2.75, 3.05) is 19.7 Å². The second-order valence-corrected chi connectivity index (χ2v) is 6.23. The third-order valence-corrected chi connectivity index (χ3v) is 4.44. The van der Waals surface area contributed by atoms with Crippen molar-refractivity contribution in [1.82, 2.24) is 4.90 Å². The number of nitrogens with zero attached hydrogens (tertiary/aromatic N) is 2. The van der Waals surface area contributed by atoms with Crippen LogP contribution in [0.3, 0.4) is 0 Å². The SMILES string of the molecule is O=C(c1ccc(O)c([N+](=O)[O-])c1)N1CCO[C@@H](CCc2ccccc2)C1. The number of aryl methyl sites for hydroxylation is 1. The molecule has 2 aromatic carbocycles. The van der Waals surface area contributed by atoms with Crippen LogP contribution in [0.4, 0.5) is 5.69 Å². The van der Waals surface area contributed by atoms with Gasteiger partial charge in [0.2, 0.25) is 0 Å². The molecule has 3 rings (SSSR count). The Labute approximate surface area is 151 Å². The molecule has 0 aliphatic carbocycles. The molecule has 0 spiro atoms. The molecule has 1 aliphatic rings. The van der Waals surface area contributed by atoms with E-state index in [2.05, 4.69) is 12.1 Å². The van der Waals surface area contributed by atoms with E-state index in [0.717, 1.165) is 18.9 Å². The second-order valence-electron chi connectivity index (χ2n) is 6.23. The molecule has 1 fully saturated rings. The summed E-state index contributed by atoms with van der Waals surface area (Å²) in [7, 11) is 0. The maximum absolute atomic E-state index is 12.7. The molecule has 1 N–H and O–H groups in total. The zero-order valence-corrected chi connectivity index (χ0v) is 14.2. The van der Waals surface area contributed by atoms with Crippen molar-refractivity contribution < 1.29 is 19.6 Å². The zero-order chi connectivity index (χ0) is 18.5. The van der Waals surface area contributed by atoms with Gasteiger partial charge < -0.3 is 14.7 Å². The third-order valence-electron chi connectivity index (χ3n) is 4.44. The first-order valence-electron chi connectivity index (χ1n) is 8.47. The summed E-state index contributed by atoms with van der Waals surface area (Å²) in [6.07, 6.45) is 1.59. The molecule has 136 valence electrons. The van der Waals surface area contributed by atoms with Gasteiger partial charge in [-0.1, -0.05) is 30.3 Å². The van der Waals surface area contributed by atoms with E-state index in [9.17, 15) is 20.0 Å². The van der Waals surface area contributed by atoms with Crippen LogP contribution in [-0.4, -0.2) is 46.6 Å². The highest BCUT2D eigenvalue weighted by molar-refractivity contribution is 5.95. The number of hydrogen-bond donors (Lipinski definition) is 1. The molecule has 1 aliphatic heterocycles. The van der Waals surface area contributed by atoms with Gasteiger partial charge in [-0.15, -0.1) is 0 Å². The lowest BCUT2D eigenvalue weighted by Gasteiger charge is -2.33. The van der Waals surface area contributed by atoms with Crippen molar-refractivity contribution >= 4 is 11.6 Å². The van der Waals surface area contributed by atoms with Crippen LogP contribution in [0.2, 0.25) is 0 Å². The number of nitro groups is 1. The Balaban J connectivity index is 1.64. The highest BCUT2D eigenvalue weighted by Gasteiger charge is 2.26. The molecule has 7 nitrogen and oxygen atoms in total. The maximum Gasteiger partial charge on any atom is 0.311 e. The van der Waals surface area contributed by atoms with Crippen molar-refractivity contribution in [2.24, 2.45) is 0 Å². The first-order chi connectivity index (χ1) is 12.5. The second kappa shape index (κ2) is 7.97. The predicted octanol–water partition coefficient (Wildman–Crippen LogP) is 2.77. The number of hydrogen-bond acceptors (Lipinski definition) is 5. The van der Waals surface area contributed by atoms with Crippen LogP contribution in [-0.2, 0) is 11.2 Å². The molecule has 1 atom stereocenters. The van der Waals surface area contributed by atoms with Crippen LogP contribution in [0.15, 0.2) is 48.5 Å². The van der Waals surface area contributed by atoms with Crippen LogP contribution < -0.4 is 0 Å². The summed E-state index contributed by atoms with van der Waals surface area (Å²) < 4.78 is 5.75. The molecule has 1 amide bonds. The predicted molar refractivity (Wildman–Crippen MR) is 95.2 cm³/mol. The first-order valence-corrected chi connectivity index (χ1v) is 8.47. The average Bonchev–Trinajstić information content (AvgIpc) is 2.67. The smallest absolute Gasteiger partial charge is 0.311 e. The Morgan fingerprint density at radius 1 is 1.27 bits per heavy atom. The van der Waals surface area contributed by atoms with Crippen molar-refractivity contribution in [3.8, 4) is 5.75 Å². The van der Waals surface area contributed by atoms with Gasteiger partial charge in [-0.05, 0) is 30.5 Å². The standard InChI is InChI=1S/C19H20N2O5/c22-18-9-7-15(12-17(18)21(24)25)19(23)20-10-11-26-16(13-20)8-6-14-4-2-1-3-5-14/h1-5,7,9,12,16,22H,6,8,10-11,13H2/t16-/m0/s1. The Kier molecular flexibility index (Phi) is 5.48. The number of ether oxygens (including phenoxy) is 1. The van der Waals surface area contributed by atoms with Crippen molar-refractivity contribution in [1.29, 1.82) is 0 Å². The Bertz CT molecular complexity index is 794. The maximum atomic E-state index is 12.7. The molecule has 0 unspecified atom stereocenters. The number of carbonyl (C=O) groups is 1. The molecule has 0 bridgehead atoms. The van der Waals surface area contributed by atoms with Crippen LogP contribution in [0.1, 0.15) is 22.3 Å². The summed E-state index contributed by atoms with van der Waals surface area (Å²) in [5.41, 5.74) is 0.941. The fraction of sp³-hybridized carbons (Fsp3) is 0.316. The van der Waals surface area contributed by atoms with Crippen LogP contribution in [0.5, 0.6) is 5.75 Å². The van der Waals surface area contributed by atoms with Gasteiger partial charge in [-0.25, -0.2) is 0 Å². The van der Waals surface area contributed by atoms with E-state index in [0.29, 0.717) is 19.7 Å². The van der Waals surface area contributed by atoms with E-state index in [4.69, 9.17) is 4.74 Å². The minimum Gasteiger partial charge on any atom is -0.502 e. The highest BCUT2D eigenvalue weighted by Crippen LogP contribution is 2.27. The fourth-order valence-corrected chi connectivity index (χ4v) is 3.04. The van der Waals surface area contributed by atoms with Gasteiger partial charge in [0.25, 0.3) is 5.91 Å². The van der Waals surface area contributed by atoms with Crippen LogP contribution >= 0.6 is 0 Å². The minimum atomic E-state index is -0.700. The van der Waals surface area contributed by atoms with E-state index < -0.39 is 16.4 Å². The van der Waals surface area contributed by atoms with E-state index in [1.165, 1.54) is 17.7 Å². The number of phenols is 1. The van der Waals surface area contributed by atoms with Crippen molar-refractivity contribution in [2.45, 2.75) is 18.9 Å². The number of rotatable bonds is 5. The lowest BCUT2D eigenvalue weighted by Crippen LogP contribution is -2.45. The molecule has 0 radical (unpaired) electrons. The molecule has 2 aromatic rings. The van der Waals surface area contributed by atoms with E-state index in [1.807, 2.05) is 18.2 Å². The summed E-state index contributed by atoms with van der Waals surface area (Å²) in [6.45, 7) is 1.32. The number of nitro benzene ring substituents is 1. The summed E-state index contributed by atoms with van der Waals surface area (Å²) in [5, 5.41) is 20.5. The number of aromatic hydroxyl groups is 1. The molecular weight excluding hydrogens is 336 g/mol. The number of phenolic OH excluding ortho intramolecular Hbond substituents is 1. The zero-order valence-electron chi connectivity index (χ0n) is 14.2. The van der Waals surface area contributed by atoms with Gasteiger partial charge in [0.15, 0.2) is 5.75 Å². The molecule has 0 aromatic heterocycles. The van der Waals surface area contributed by atoms with Crippen molar-refractivity contribution in [3.63, 3.8) is 0 Å². The molecule has 7 heteroatoms. The molecule has 1 saturated heterocycles. The Morgan fingerprint density at radius 2 is 2.04 bits per heavy atom. The highest BCUT2D eigenvalue weighted by atomic mass is 16.6. The number of amides is 1. The van der Waals surface area contributed by atoms with E-state index in [1.54, 1.807) is 4.90 Å². The van der Waals surface area contributed by atoms with Gasteiger partial charge in [-0.3, -0.25) is 14.9 Å². The topological polar surface area (TPSA) is 92.9 Å². The van der Waals surface area contributed by atoms with Gasteiger partial charge in [0.05, 0.1) is 17.6 Å². The van der Waals surface area contributed by atoms with Crippen molar-refractivity contribution in [3.05, 3.63) is 69.8 Å². The molecular formula is C19H20N2O5. The molecule has 1 heterocycles.